The minimum Gasteiger partial charge on any atom is -0.480 e. The van der Waals surface area contributed by atoms with Gasteiger partial charge in [0.15, 0.2) is 0 Å². The highest BCUT2D eigenvalue weighted by Crippen LogP contribution is 2.08. The summed E-state index contributed by atoms with van der Waals surface area (Å²) in [6.07, 6.45) is 3.18. The van der Waals surface area contributed by atoms with Gasteiger partial charge < -0.3 is 37.2 Å². The fourth-order valence-corrected chi connectivity index (χ4v) is 3.12. The number of hydrogen-bond donors (Lipinski definition) is 8. The molecule has 4 unspecified atom stereocenters. The molecule has 0 aliphatic carbocycles. The monoisotopic (exact) mass is 433 g/mol. The van der Waals surface area contributed by atoms with Crippen LogP contribution in [0.4, 0.5) is 0 Å². The third-order valence-electron chi connectivity index (χ3n) is 4.57. The Balaban J connectivity index is 2.74. The summed E-state index contributed by atoms with van der Waals surface area (Å²) in [5, 5.41) is 28.3. The number of hydrogen-bond acceptors (Lipinski definition) is 8. The summed E-state index contributed by atoms with van der Waals surface area (Å²) < 4.78 is 0. The highest BCUT2D eigenvalue weighted by Gasteiger charge is 2.30. The molecule has 1 heterocycles. The molecule has 11 nitrogen and oxygen atoms in total. The summed E-state index contributed by atoms with van der Waals surface area (Å²) in [5.74, 6) is -3.14. The quantitative estimate of drug-likeness (QED) is 0.114. The van der Waals surface area contributed by atoms with Crippen LogP contribution in [0.15, 0.2) is 0 Å². The van der Waals surface area contributed by atoms with Gasteiger partial charge in [-0.1, -0.05) is 0 Å². The second kappa shape index (κ2) is 13.4. The van der Waals surface area contributed by atoms with Gasteiger partial charge in [-0.3, -0.25) is 14.4 Å². The molecule has 29 heavy (non-hydrogen) atoms. The van der Waals surface area contributed by atoms with Crippen molar-refractivity contribution in [1.29, 1.82) is 0 Å². The third kappa shape index (κ3) is 8.56. The molecule has 0 saturated carbocycles. The van der Waals surface area contributed by atoms with E-state index in [1.54, 1.807) is 0 Å². The second-order valence-corrected chi connectivity index (χ2v) is 7.19. The smallest absolute Gasteiger partial charge is 0.328 e. The molecule has 0 aromatic carbocycles. The average Bonchev–Trinajstić information content (AvgIpc) is 3.23. The third-order valence-corrected chi connectivity index (χ3v) is 4.93. The number of aliphatic hydroxyl groups excluding tert-OH is 1. The first-order valence-corrected chi connectivity index (χ1v) is 10.3. The van der Waals surface area contributed by atoms with Crippen LogP contribution in [0.1, 0.15) is 32.1 Å². The number of nitrogens with one attached hydrogen (secondary N) is 4. The van der Waals surface area contributed by atoms with Crippen LogP contribution in [0, 0.1) is 0 Å². The van der Waals surface area contributed by atoms with Gasteiger partial charge >= 0.3 is 5.97 Å². The highest BCUT2D eigenvalue weighted by atomic mass is 32.1. The molecule has 166 valence electrons. The van der Waals surface area contributed by atoms with Gasteiger partial charge in [0.2, 0.25) is 17.7 Å². The lowest BCUT2D eigenvalue weighted by Crippen LogP contribution is -2.58. The first kappa shape index (κ1) is 25.1. The minimum atomic E-state index is -1.49. The molecule has 0 bridgehead atoms. The Morgan fingerprint density at radius 2 is 1.72 bits per heavy atom. The lowest BCUT2D eigenvalue weighted by atomic mass is 10.1. The van der Waals surface area contributed by atoms with E-state index < -0.39 is 42.5 Å². The van der Waals surface area contributed by atoms with Crippen molar-refractivity contribution >= 4 is 36.3 Å². The van der Waals surface area contributed by atoms with Crippen LogP contribution in [0.5, 0.6) is 0 Å². The average molecular weight is 434 g/mol. The lowest BCUT2D eigenvalue weighted by Gasteiger charge is -2.24. The summed E-state index contributed by atoms with van der Waals surface area (Å²) in [7, 11) is 0. The fourth-order valence-electron chi connectivity index (χ4n) is 2.87. The van der Waals surface area contributed by atoms with E-state index in [4.69, 9.17) is 15.9 Å². The maximum absolute atomic E-state index is 12.7. The van der Waals surface area contributed by atoms with E-state index in [0.717, 1.165) is 13.0 Å². The van der Waals surface area contributed by atoms with E-state index >= 15 is 0 Å². The van der Waals surface area contributed by atoms with E-state index in [1.165, 1.54) is 0 Å². The Hall–Kier alpha value is -1.89. The van der Waals surface area contributed by atoms with Crippen LogP contribution in [0.3, 0.4) is 0 Å². The van der Waals surface area contributed by atoms with Crippen molar-refractivity contribution < 1.29 is 29.4 Å². The molecule has 3 amide bonds. The number of thiol groups is 1. The number of carboxylic acids is 1. The molecule has 4 atom stereocenters. The number of carbonyl (C=O) groups excluding carboxylic acids is 3. The molecule has 12 heteroatoms. The Bertz CT molecular complexity index is 573. The SMILES string of the molecule is NCCCCC(NC(=O)C1CCCN1)C(=O)NC(CS)C(=O)NC(CO)C(=O)O. The molecule has 1 saturated heterocycles. The molecular weight excluding hydrogens is 402 g/mol. The topological polar surface area (TPSA) is 183 Å². The number of unbranched alkanes of at least 4 members (excludes halogenated alkanes) is 1. The number of aliphatic carboxylic acids is 1. The number of aliphatic hydroxyl groups is 1. The Kier molecular flexibility index (Phi) is 11.6. The molecule has 0 aromatic rings. The van der Waals surface area contributed by atoms with E-state index in [2.05, 4.69) is 33.9 Å². The van der Waals surface area contributed by atoms with Gasteiger partial charge in [0.1, 0.15) is 18.1 Å². The molecule has 0 aromatic heterocycles. The highest BCUT2D eigenvalue weighted by molar-refractivity contribution is 7.80. The number of carbonyl (C=O) groups is 4. The van der Waals surface area contributed by atoms with E-state index in [-0.39, 0.29) is 17.7 Å². The van der Waals surface area contributed by atoms with Crippen molar-refractivity contribution in [2.24, 2.45) is 5.73 Å². The van der Waals surface area contributed by atoms with Crippen LogP contribution in [0.2, 0.25) is 0 Å². The van der Waals surface area contributed by atoms with Gasteiger partial charge in [0, 0.05) is 5.75 Å². The van der Waals surface area contributed by atoms with Crippen molar-refractivity contribution in [3.8, 4) is 0 Å². The van der Waals surface area contributed by atoms with Crippen LogP contribution < -0.4 is 27.0 Å². The van der Waals surface area contributed by atoms with Crippen LogP contribution in [-0.4, -0.2) is 83.5 Å². The van der Waals surface area contributed by atoms with Gasteiger partial charge in [-0.2, -0.15) is 12.6 Å². The van der Waals surface area contributed by atoms with Crippen molar-refractivity contribution in [1.82, 2.24) is 21.3 Å². The van der Waals surface area contributed by atoms with Gasteiger partial charge in [0.25, 0.3) is 0 Å². The second-order valence-electron chi connectivity index (χ2n) is 6.82. The number of amides is 3. The Morgan fingerprint density at radius 3 is 2.24 bits per heavy atom. The lowest BCUT2D eigenvalue weighted by molar-refractivity contribution is -0.143. The molecule has 8 N–H and O–H groups in total. The maximum atomic E-state index is 12.7. The molecule has 1 aliphatic rings. The molecular formula is C17H31N5O6S. The zero-order chi connectivity index (χ0) is 21.8. The zero-order valence-corrected chi connectivity index (χ0v) is 17.1. The van der Waals surface area contributed by atoms with Crippen molar-refractivity contribution in [3.05, 3.63) is 0 Å². The Labute approximate surface area is 175 Å². The van der Waals surface area contributed by atoms with Crippen LogP contribution in [0.25, 0.3) is 0 Å². The van der Waals surface area contributed by atoms with E-state index in [1.807, 2.05) is 0 Å². The van der Waals surface area contributed by atoms with Gasteiger partial charge in [-0.15, -0.1) is 0 Å². The number of nitrogens with two attached hydrogens (primary N) is 1. The molecule has 0 radical (unpaired) electrons. The first-order valence-electron chi connectivity index (χ1n) is 9.63. The molecule has 1 rings (SSSR count). The van der Waals surface area contributed by atoms with Crippen molar-refractivity contribution in [3.63, 3.8) is 0 Å². The summed E-state index contributed by atoms with van der Waals surface area (Å²) in [6, 6.07) is -3.84. The largest absolute Gasteiger partial charge is 0.480 e. The van der Waals surface area contributed by atoms with E-state index in [0.29, 0.717) is 32.2 Å². The van der Waals surface area contributed by atoms with Crippen molar-refractivity contribution in [2.75, 3.05) is 25.4 Å². The minimum absolute atomic E-state index is 0.0943. The van der Waals surface area contributed by atoms with Crippen LogP contribution >= 0.6 is 12.6 Å². The Morgan fingerprint density at radius 1 is 1.07 bits per heavy atom. The summed E-state index contributed by atoms with van der Waals surface area (Å²) >= 11 is 4.03. The number of rotatable bonds is 13. The first-order chi connectivity index (χ1) is 13.8. The van der Waals surface area contributed by atoms with Gasteiger partial charge in [-0.25, -0.2) is 4.79 Å². The summed E-state index contributed by atoms with van der Waals surface area (Å²) in [6.45, 7) is 0.395. The normalized spacial score (nSPS) is 19.1. The predicted molar refractivity (Wildman–Crippen MR) is 108 cm³/mol. The summed E-state index contributed by atoms with van der Waals surface area (Å²) in [5.41, 5.74) is 5.49. The van der Waals surface area contributed by atoms with Crippen LogP contribution in [-0.2, 0) is 19.2 Å². The molecule has 0 spiro atoms. The maximum Gasteiger partial charge on any atom is 0.328 e. The fraction of sp³-hybridized carbons (Fsp3) is 0.765. The molecule has 1 aliphatic heterocycles. The van der Waals surface area contributed by atoms with Crippen molar-refractivity contribution in [2.45, 2.75) is 56.3 Å². The molecule has 1 fully saturated rings. The standard InChI is InChI=1S/C17H31N5O6S/c18-6-2-1-4-11(20-14(24)10-5-3-7-19-10)15(25)22-13(9-29)16(26)21-12(8-23)17(27)28/h10-13,19,23,29H,1-9,18H2,(H,20,24)(H,21,26)(H,22,25)(H,27,28). The number of carboxylic acid groups (broad SMARTS) is 1. The summed E-state index contributed by atoms with van der Waals surface area (Å²) in [4.78, 5) is 48.3. The van der Waals surface area contributed by atoms with Gasteiger partial charge in [0.05, 0.1) is 12.6 Å². The predicted octanol–water partition coefficient (Wildman–Crippen LogP) is -2.67. The zero-order valence-electron chi connectivity index (χ0n) is 16.2. The van der Waals surface area contributed by atoms with Gasteiger partial charge in [-0.05, 0) is 45.2 Å². The van der Waals surface area contributed by atoms with E-state index in [9.17, 15) is 19.2 Å².